The van der Waals surface area contributed by atoms with Gasteiger partial charge in [0.15, 0.2) is 0 Å². The smallest absolute Gasteiger partial charge is 0.296 e. The first-order valence-electron chi connectivity index (χ1n) is 4.17. The lowest BCUT2D eigenvalue weighted by molar-refractivity contribution is -0.115. The number of rotatable bonds is 3. The van der Waals surface area contributed by atoms with Crippen LogP contribution in [-0.2, 0) is 4.79 Å². The Morgan fingerprint density at radius 3 is 2.77 bits per heavy atom. The van der Waals surface area contributed by atoms with Gasteiger partial charge in [-0.05, 0) is 23.9 Å². The molecule has 0 aromatic carbocycles. The lowest BCUT2D eigenvalue weighted by Gasteiger charge is -2.40. The van der Waals surface area contributed by atoms with Gasteiger partial charge < -0.3 is 5.32 Å². The maximum Gasteiger partial charge on any atom is 0.296 e. The van der Waals surface area contributed by atoms with Crippen LogP contribution in [0.5, 0.6) is 0 Å². The van der Waals surface area contributed by atoms with Crippen molar-refractivity contribution in [3.63, 3.8) is 0 Å². The molecule has 0 aromatic heterocycles. The molecule has 0 saturated heterocycles. The average molecular weight is 262 g/mol. The van der Waals surface area contributed by atoms with E-state index in [0.717, 1.165) is 6.54 Å². The van der Waals surface area contributed by atoms with E-state index in [0.29, 0.717) is 4.75 Å². The van der Waals surface area contributed by atoms with Gasteiger partial charge in [-0.1, -0.05) is 6.42 Å². The molecule has 2 nitrogen and oxygen atoms in total. The molecule has 72 valence electrons. The zero-order valence-corrected chi connectivity index (χ0v) is 9.93. The van der Waals surface area contributed by atoms with Crippen molar-refractivity contribution in [1.29, 1.82) is 0 Å². The monoisotopic (exact) mass is 261 g/mol. The van der Waals surface area contributed by atoms with Gasteiger partial charge in [-0.3, -0.25) is 4.79 Å². The Balaban J connectivity index is 2.31. The molecule has 1 fully saturated rings. The second kappa shape index (κ2) is 4.92. The van der Waals surface area contributed by atoms with Crippen molar-refractivity contribution in [2.45, 2.75) is 24.0 Å². The van der Waals surface area contributed by atoms with Gasteiger partial charge in [0.2, 0.25) is 0 Å². The molecule has 0 atom stereocenters. The lowest BCUT2D eigenvalue weighted by Crippen LogP contribution is -2.44. The first kappa shape index (κ1) is 10.9. The topological polar surface area (TPSA) is 29.1 Å². The molecule has 4 heteroatoms. The van der Waals surface area contributed by atoms with Crippen LogP contribution < -0.4 is 5.32 Å². The second-order valence-electron chi connectivity index (χ2n) is 3.14. The highest BCUT2D eigenvalue weighted by Gasteiger charge is 2.36. The number of hydrogen-bond acceptors (Lipinski definition) is 2. The van der Waals surface area contributed by atoms with E-state index in [1.54, 1.807) is 0 Å². The quantitative estimate of drug-likeness (QED) is 0.785. The fourth-order valence-corrected chi connectivity index (χ4v) is 2.45. The molecule has 1 rings (SSSR count). The molecular formula is C9H12BrNOS. The van der Waals surface area contributed by atoms with Crippen molar-refractivity contribution in [3.05, 3.63) is 0 Å². The molecule has 0 radical (unpaired) electrons. The summed E-state index contributed by atoms with van der Waals surface area (Å²) in [6.45, 7) is 0.745. The Morgan fingerprint density at radius 2 is 2.38 bits per heavy atom. The van der Waals surface area contributed by atoms with Gasteiger partial charge in [0, 0.05) is 33.1 Å². The molecule has 1 saturated carbocycles. The van der Waals surface area contributed by atoms with Crippen LogP contribution in [0, 0.1) is 10.8 Å². The maximum absolute atomic E-state index is 11.0. The minimum Gasteiger partial charge on any atom is -0.344 e. The van der Waals surface area contributed by atoms with Crippen molar-refractivity contribution < 1.29 is 4.79 Å². The standard InChI is InChI=1S/C9H12BrNOS/c1-13-9(4-2-5-9)7-11-8(12)3-6-10/h2,4-5,7H2,1H3,(H,11,12). The minimum atomic E-state index is -0.197. The van der Waals surface area contributed by atoms with Crippen molar-refractivity contribution in [2.75, 3.05) is 12.8 Å². The zero-order valence-electron chi connectivity index (χ0n) is 7.52. The number of amides is 1. The summed E-state index contributed by atoms with van der Waals surface area (Å²) in [5.41, 5.74) is 0. The van der Waals surface area contributed by atoms with Crippen LogP contribution in [0.25, 0.3) is 0 Å². The van der Waals surface area contributed by atoms with Crippen molar-refractivity contribution >= 4 is 33.6 Å². The Bertz CT molecular complexity index is 247. The molecule has 1 amide bonds. The van der Waals surface area contributed by atoms with Crippen LogP contribution in [0.2, 0.25) is 0 Å². The molecule has 0 bridgehead atoms. The largest absolute Gasteiger partial charge is 0.344 e. The third kappa shape index (κ3) is 2.92. The fourth-order valence-electron chi connectivity index (χ4n) is 1.35. The fraction of sp³-hybridized carbons (Fsp3) is 0.667. The SMILES string of the molecule is CSC1(CNC(=O)C#CBr)CCC1. The Kier molecular flexibility index (Phi) is 4.14. The molecule has 1 aliphatic carbocycles. The molecule has 0 heterocycles. The maximum atomic E-state index is 11.0. The Morgan fingerprint density at radius 1 is 1.69 bits per heavy atom. The number of halogens is 1. The first-order chi connectivity index (χ1) is 6.22. The summed E-state index contributed by atoms with van der Waals surface area (Å²) in [6.07, 6.45) is 5.79. The zero-order chi connectivity index (χ0) is 9.73. The Labute approximate surface area is 91.4 Å². The van der Waals surface area contributed by atoms with Crippen LogP contribution >= 0.6 is 27.7 Å². The van der Waals surface area contributed by atoms with E-state index in [2.05, 4.69) is 38.3 Å². The summed E-state index contributed by atoms with van der Waals surface area (Å²) in [5.74, 6) is 2.20. The normalized spacial score (nSPS) is 18.0. The highest BCUT2D eigenvalue weighted by atomic mass is 79.9. The van der Waals surface area contributed by atoms with Crippen molar-refractivity contribution in [3.8, 4) is 10.8 Å². The molecule has 1 aliphatic rings. The minimum absolute atomic E-state index is 0.197. The van der Waals surface area contributed by atoms with Crippen LogP contribution in [0.15, 0.2) is 0 Å². The van der Waals surface area contributed by atoms with Gasteiger partial charge in [-0.25, -0.2) is 0 Å². The molecular weight excluding hydrogens is 250 g/mol. The first-order valence-corrected chi connectivity index (χ1v) is 6.19. The van der Waals surface area contributed by atoms with E-state index in [9.17, 15) is 4.79 Å². The average Bonchev–Trinajstić information content (AvgIpc) is 2.04. The van der Waals surface area contributed by atoms with Gasteiger partial charge in [0.05, 0.1) is 0 Å². The van der Waals surface area contributed by atoms with E-state index in [4.69, 9.17) is 0 Å². The summed E-state index contributed by atoms with van der Waals surface area (Å²) in [5, 5.41) is 2.81. The van der Waals surface area contributed by atoms with Crippen LogP contribution in [0.4, 0.5) is 0 Å². The molecule has 0 aliphatic heterocycles. The molecule has 1 N–H and O–H groups in total. The number of carbonyl (C=O) groups is 1. The van der Waals surface area contributed by atoms with E-state index >= 15 is 0 Å². The van der Waals surface area contributed by atoms with Crippen LogP contribution in [-0.4, -0.2) is 23.5 Å². The number of hydrogen-bond donors (Lipinski definition) is 1. The van der Waals surface area contributed by atoms with Gasteiger partial charge in [0.25, 0.3) is 5.91 Å². The number of thioether (sulfide) groups is 1. The third-order valence-corrected chi connectivity index (χ3v) is 4.05. The highest BCUT2D eigenvalue weighted by Crippen LogP contribution is 2.42. The Hall–Kier alpha value is -0.140. The summed E-state index contributed by atoms with van der Waals surface area (Å²) in [4.78, 5) is 13.4. The summed E-state index contributed by atoms with van der Waals surface area (Å²) in [6, 6.07) is 0. The van der Waals surface area contributed by atoms with Crippen molar-refractivity contribution in [2.24, 2.45) is 0 Å². The second-order valence-corrected chi connectivity index (χ2v) is 4.81. The lowest BCUT2D eigenvalue weighted by atomic mass is 9.84. The molecule has 0 spiro atoms. The third-order valence-electron chi connectivity index (χ3n) is 2.43. The van der Waals surface area contributed by atoms with Gasteiger partial charge in [-0.2, -0.15) is 11.8 Å². The molecule has 0 unspecified atom stereocenters. The van der Waals surface area contributed by atoms with E-state index < -0.39 is 0 Å². The predicted molar refractivity (Wildman–Crippen MR) is 59.8 cm³/mol. The summed E-state index contributed by atoms with van der Waals surface area (Å²) < 4.78 is 0.295. The van der Waals surface area contributed by atoms with E-state index in [1.165, 1.54) is 19.3 Å². The van der Waals surface area contributed by atoms with Gasteiger partial charge in [-0.15, -0.1) is 0 Å². The van der Waals surface area contributed by atoms with Gasteiger partial charge in [0.1, 0.15) is 0 Å². The van der Waals surface area contributed by atoms with Crippen LogP contribution in [0.3, 0.4) is 0 Å². The molecule has 0 aromatic rings. The number of nitrogens with one attached hydrogen (secondary N) is 1. The van der Waals surface area contributed by atoms with Crippen molar-refractivity contribution in [1.82, 2.24) is 5.32 Å². The highest BCUT2D eigenvalue weighted by molar-refractivity contribution is 9.12. The molecule has 13 heavy (non-hydrogen) atoms. The van der Waals surface area contributed by atoms with Crippen LogP contribution in [0.1, 0.15) is 19.3 Å². The summed E-state index contributed by atoms with van der Waals surface area (Å²) in [7, 11) is 0. The summed E-state index contributed by atoms with van der Waals surface area (Å²) >= 11 is 4.74. The number of carbonyl (C=O) groups excluding carboxylic acids is 1. The van der Waals surface area contributed by atoms with Gasteiger partial charge >= 0.3 is 0 Å². The van der Waals surface area contributed by atoms with E-state index in [1.807, 2.05) is 11.8 Å². The van der Waals surface area contributed by atoms with E-state index in [-0.39, 0.29) is 5.91 Å². The predicted octanol–water partition coefficient (Wildman–Crippen LogP) is 1.74.